The topological polar surface area (TPSA) is 102 Å². The number of carbonyl (C=O) groups excluding carboxylic acids is 2. The van der Waals surface area contributed by atoms with Crippen LogP contribution in [0.25, 0.3) is 11.3 Å². The van der Waals surface area contributed by atoms with Crippen molar-refractivity contribution >= 4 is 62.8 Å². The summed E-state index contributed by atoms with van der Waals surface area (Å²) in [5.74, 6) is -0.218. The summed E-state index contributed by atoms with van der Waals surface area (Å²) in [6, 6.07) is 20.7. The molecular formula is C27H23IN4O4S. The highest BCUT2D eigenvalue weighted by molar-refractivity contribution is 14.1. The number of ether oxygens (including phenoxy) is 2. The molecule has 3 aromatic carbocycles. The van der Waals surface area contributed by atoms with E-state index in [1.165, 1.54) is 30.2 Å². The van der Waals surface area contributed by atoms with Crippen molar-refractivity contribution < 1.29 is 19.1 Å². The lowest BCUT2D eigenvalue weighted by Gasteiger charge is -2.07. The minimum atomic E-state index is -0.455. The van der Waals surface area contributed by atoms with Crippen LogP contribution in [0.4, 0.5) is 10.8 Å². The van der Waals surface area contributed by atoms with Crippen LogP contribution in [0.5, 0.6) is 5.75 Å². The standard InChI is InChI=1S/C27H23IN4O4S/c1-17-3-10-21(11-4-17)30-27-31-23(16-37-27)19-6-8-20(9-7-19)26(34)32-29-14-18-5-12-24(22(28)13-18)36-15-25(33)35-2/h3-14,16H,15H2,1-2H3,(H,30,31)(H,32,34)/b29-14-. The number of thiazole rings is 1. The molecule has 0 fully saturated rings. The number of carbonyl (C=O) groups is 2. The number of methoxy groups -OCH3 is 1. The Morgan fingerprint density at radius 1 is 1.08 bits per heavy atom. The molecule has 10 heteroatoms. The van der Waals surface area contributed by atoms with Crippen molar-refractivity contribution in [2.75, 3.05) is 19.0 Å². The first kappa shape index (κ1) is 26.3. The van der Waals surface area contributed by atoms with Gasteiger partial charge >= 0.3 is 5.97 Å². The molecule has 188 valence electrons. The number of aryl methyl sites for hydroxylation is 1. The average Bonchev–Trinajstić information content (AvgIpc) is 3.38. The maximum atomic E-state index is 12.5. The summed E-state index contributed by atoms with van der Waals surface area (Å²) in [7, 11) is 1.31. The number of aromatic nitrogens is 1. The largest absolute Gasteiger partial charge is 0.481 e. The highest BCUT2D eigenvalue weighted by Gasteiger charge is 2.09. The first-order chi connectivity index (χ1) is 17.9. The monoisotopic (exact) mass is 626 g/mol. The molecule has 4 rings (SSSR count). The molecule has 0 spiro atoms. The third-order valence-electron chi connectivity index (χ3n) is 5.16. The van der Waals surface area contributed by atoms with E-state index in [1.807, 2.05) is 54.8 Å². The van der Waals surface area contributed by atoms with E-state index >= 15 is 0 Å². The van der Waals surface area contributed by atoms with Gasteiger partial charge in [-0.3, -0.25) is 4.79 Å². The van der Waals surface area contributed by atoms with E-state index in [2.05, 4.69) is 48.2 Å². The third kappa shape index (κ3) is 7.37. The second-order valence-electron chi connectivity index (χ2n) is 7.86. The summed E-state index contributed by atoms with van der Waals surface area (Å²) in [5, 5.41) is 10.1. The van der Waals surface area contributed by atoms with Gasteiger partial charge < -0.3 is 14.8 Å². The van der Waals surface area contributed by atoms with E-state index < -0.39 is 5.97 Å². The zero-order valence-electron chi connectivity index (χ0n) is 20.0. The number of benzene rings is 3. The van der Waals surface area contributed by atoms with E-state index in [4.69, 9.17) is 4.74 Å². The lowest BCUT2D eigenvalue weighted by molar-refractivity contribution is -0.142. The van der Waals surface area contributed by atoms with Gasteiger partial charge in [0.05, 0.1) is 22.6 Å². The molecule has 0 aliphatic heterocycles. The second-order valence-corrected chi connectivity index (χ2v) is 9.88. The number of hydrogen-bond acceptors (Lipinski definition) is 8. The molecule has 8 nitrogen and oxygen atoms in total. The predicted octanol–water partition coefficient (Wildman–Crippen LogP) is 5.78. The molecular weight excluding hydrogens is 603 g/mol. The van der Waals surface area contributed by atoms with Gasteiger partial charge in [0, 0.05) is 22.2 Å². The van der Waals surface area contributed by atoms with Gasteiger partial charge in [-0.15, -0.1) is 11.3 Å². The average molecular weight is 626 g/mol. The van der Waals surface area contributed by atoms with Crippen LogP contribution in [0.3, 0.4) is 0 Å². The molecule has 1 heterocycles. The lowest BCUT2D eigenvalue weighted by Crippen LogP contribution is -2.17. The summed E-state index contributed by atoms with van der Waals surface area (Å²) in [4.78, 5) is 28.4. The quantitative estimate of drug-likeness (QED) is 0.106. The Bertz CT molecular complexity index is 1420. The van der Waals surface area contributed by atoms with Gasteiger partial charge in [-0.2, -0.15) is 5.10 Å². The fourth-order valence-electron chi connectivity index (χ4n) is 3.16. The van der Waals surface area contributed by atoms with Crippen molar-refractivity contribution in [2.45, 2.75) is 6.92 Å². The molecule has 0 atom stereocenters. The van der Waals surface area contributed by atoms with E-state index in [9.17, 15) is 9.59 Å². The van der Waals surface area contributed by atoms with Crippen LogP contribution in [-0.2, 0) is 9.53 Å². The van der Waals surface area contributed by atoms with Gasteiger partial charge in [0.15, 0.2) is 11.7 Å². The molecule has 0 aliphatic rings. The van der Waals surface area contributed by atoms with Crippen LogP contribution in [0.1, 0.15) is 21.5 Å². The van der Waals surface area contributed by atoms with Crippen molar-refractivity contribution in [3.05, 3.63) is 92.4 Å². The molecule has 0 bridgehead atoms. The number of nitrogens with zero attached hydrogens (tertiary/aromatic N) is 2. The molecule has 0 saturated heterocycles. The van der Waals surface area contributed by atoms with Gasteiger partial charge in [-0.1, -0.05) is 29.8 Å². The van der Waals surface area contributed by atoms with Crippen molar-refractivity contribution in [3.63, 3.8) is 0 Å². The smallest absolute Gasteiger partial charge is 0.343 e. The Morgan fingerprint density at radius 2 is 1.84 bits per heavy atom. The van der Waals surface area contributed by atoms with Crippen LogP contribution in [0.2, 0.25) is 0 Å². The summed E-state index contributed by atoms with van der Waals surface area (Å²) < 4.78 is 10.8. The van der Waals surface area contributed by atoms with Gasteiger partial charge in [-0.05, 0) is 77.5 Å². The van der Waals surface area contributed by atoms with Gasteiger partial charge in [0.1, 0.15) is 5.75 Å². The van der Waals surface area contributed by atoms with Crippen LogP contribution in [-0.4, -0.2) is 36.8 Å². The van der Waals surface area contributed by atoms with Crippen molar-refractivity contribution in [3.8, 4) is 17.0 Å². The lowest BCUT2D eigenvalue weighted by atomic mass is 10.1. The van der Waals surface area contributed by atoms with E-state index in [0.717, 1.165) is 31.2 Å². The minimum absolute atomic E-state index is 0.164. The van der Waals surface area contributed by atoms with Gasteiger partial charge in [0.2, 0.25) is 0 Å². The van der Waals surface area contributed by atoms with E-state index in [-0.39, 0.29) is 12.5 Å². The second kappa shape index (κ2) is 12.5. The van der Waals surface area contributed by atoms with Crippen LogP contribution < -0.4 is 15.5 Å². The van der Waals surface area contributed by atoms with Crippen LogP contribution >= 0.6 is 33.9 Å². The van der Waals surface area contributed by atoms with Crippen molar-refractivity contribution in [2.24, 2.45) is 5.10 Å². The molecule has 1 aromatic heterocycles. The summed E-state index contributed by atoms with van der Waals surface area (Å²) in [6.45, 7) is 1.89. The van der Waals surface area contributed by atoms with E-state index in [0.29, 0.717) is 11.3 Å². The minimum Gasteiger partial charge on any atom is -0.481 e. The first-order valence-electron chi connectivity index (χ1n) is 11.1. The molecule has 1 amide bonds. The zero-order valence-corrected chi connectivity index (χ0v) is 23.0. The normalized spacial score (nSPS) is 10.8. The number of hydrazone groups is 1. The molecule has 0 unspecified atom stereocenters. The Kier molecular flexibility index (Phi) is 8.86. The fourth-order valence-corrected chi connectivity index (χ4v) is 4.59. The summed E-state index contributed by atoms with van der Waals surface area (Å²) in [5.41, 5.74) is 7.72. The maximum absolute atomic E-state index is 12.5. The van der Waals surface area contributed by atoms with Crippen molar-refractivity contribution in [1.82, 2.24) is 10.4 Å². The van der Waals surface area contributed by atoms with E-state index in [1.54, 1.807) is 24.3 Å². The number of nitrogens with one attached hydrogen (secondary N) is 2. The first-order valence-corrected chi connectivity index (χ1v) is 13.1. The number of anilines is 2. The molecule has 4 aromatic rings. The highest BCUT2D eigenvalue weighted by Crippen LogP contribution is 2.27. The number of halogens is 1. The maximum Gasteiger partial charge on any atom is 0.343 e. The Labute approximate surface area is 231 Å². The third-order valence-corrected chi connectivity index (χ3v) is 6.76. The summed E-state index contributed by atoms with van der Waals surface area (Å²) in [6.07, 6.45) is 1.54. The molecule has 0 aliphatic carbocycles. The van der Waals surface area contributed by atoms with Crippen LogP contribution in [0, 0.1) is 10.5 Å². The van der Waals surface area contributed by atoms with Gasteiger partial charge in [-0.25, -0.2) is 15.2 Å². The molecule has 0 radical (unpaired) electrons. The zero-order chi connectivity index (χ0) is 26.2. The Balaban J connectivity index is 1.32. The van der Waals surface area contributed by atoms with Crippen LogP contribution in [0.15, 0.2) is 77.2 Å². The fraction of sp³-hybridized carbons (Fsp3) is 0.111. The number of rotatable bonds is 9. The number of hydrogen-bond donors (Lipinski definition) is 2. The number of esters is 1. The summed E-state index contributed by atoms with van der Waals surface area (Å²) >= 11 is 3.62. The van der Waals surface area contributed by atoms with Crippen molar-refractivity contribution in [1.29, 1.82) is 0 Å². The van der Waals surface area contributed by atoms with Gasteiger partial charge in [0.25, 0.3) is 5.91 Å². The highest BCUT2D eigenvalue weighted by atomic mass is 127. The molecule has 0 saturated carbocycles. The Morgan fingerprint density at radius 3 is 2.54 bits per heavy atom. The molecule has 2 N–H and O–H groups in total. The Hall–Kier alpha value is -3.77. The molecule has 37 heavy (non-hydrogen) atoms. The number of amides is 1. The SMILES string of the molecule is COC(=O)COc1ccc(/C=N\NC(=O)c2ccc(-c3csc(Nc4ccc(C)cc4)n3)cc2)cc1I. The predicted molar refractivity (Wildman–Crippen MR) is 154 cm³/mol.